The number of benzene rings is 2. The second-order valence-electron chi connectivity index (χ2n) is 7.40. The summed E-state index contributed by atoms with van der Waals surface area (Å²) in [7, 11) is 1.56. The average molecular weight is 463 g/mol. The summed E-state index contributed by atoms with van der Waals surface area (Å²) in [6, 6.07) is 14.5. The smallest absolute Gasteiger partial charge is 0.382 e. The number of nitrogens with two attached hydrogens (primary N) is 1. The van der Waals surface area contributed by atoms with Crippen molar-refractivity contribution >= 4 is 23.4 Å². The van der Waals surface area contributed by atoms with Crippen molar-refractivity contribution in [3.8, 4) is 0 Å². The van der Waals surface area contributed by atoms with E-state index in [-0.39, 0.29) is 11.9 Å². The van der Waals surface area contributed by atoms with Crippen LogP contribution < -0.4 is 16.4 Å². The van der Waals surface area contributed by atoms with E-state index in [0.29, 0.717) is 34.9 Å². The van der Waals surface area contributed by atoms with Crippen LogP contribution in [0, 0.1) is 0 Å². The van der Waals surface area contributed by atoms with Gasteiger partial charge in [-0.1, -0.05) is 42.1 Å². The number of hydrogen-bond acceptors (Lipinski definition) is 4. The maximum atomic E-state index is 12.9. The summed E-state index contributed by atoms with van der Waals surface area (Å²) in [5, 5.41) is 6.58. The van der Waals surface area contributed by atoms with Crippen LogP contribution >= 0.6 is 11.8 Å². The summed E-state index contributed by atoms with van der Waals surface area (Å²) >= 11 is 1.42. The van der Waals surface area contributed by atoms with Gasteiger partial charge in [0.25, 0.3) is 5.91 Å². The van der Waals surface area contributed by atoms with Gasteiger partial charge in [0, 0.05) is 37.3 Å². The first-order chi connectivity index (χ1) is 15.2. The summed E-state index contributed by atoms with van der Waals surface area (Å²) < 4.78 is 40.6. The minimum Gasteiger partial charge on any atom is -0.382 e. The number of amides is 1. The molecule has 0 spiro atoms. The number of anilines is 1. The lowest BCUT2D eigenvalue weighted by atomic mass is 10.1. The first kappa shape index (κ1) is 23.7. The second kappa shape index (κ2) is 10.1. The molecule has 32 heavy (non-hydrogen) atoms. The van der Waals surface area contributed by atoms with Crippen LogP contribution in [0.5, 0.6) is 0 Å². The third kappa shape index (κ3) is 5.86. The van der Waals surface area contributed by atoms with Gasteiger partial charge in [-0.2, -0.15) is 13.2 Å². The van der Waals surface area contributed by atoms with E-state index in [1.165, 1.54) is 23.9 Å². The Hall–Kier alpha value is -2.91. The van der Waals surface area contributed by atoms with Gasteiger partial charge in [0.1, 0.15) is 0 Å². The van der Waals surface area contributed by atoms with Crippen molar-refractivity contribution in [3.05, 3.63) is 77.5 Å². The van der Waals surface area contributed by atoms with Crippen LogP contribution in [-0.4, -0.2) is 30.1 Å². The van der Waals surface area contributed by atoms with Gasteiger partial charge in [-0.05, 0) is 36.8 Å². The minimum absolute atomic E-state index is 0.129. The Morgan fingerprint density at radius 3 is 2.34 bits per heavy atom. The standard InChI is InChI=1S/C23H25F3N4OS/c1-15(27)12-29-19-14-30(13-16-8-10-17(11-9-16)23(24,25)26)22(20(19)21(31)28-2)32-18-6-4-3-5-7-18/h3-11,14-15,29H,12-13,27H2,1-2H3,(H,28,31). The monoisotopic (exact) mass is 462 g/mol. The van der Waals surface area contributed by atoms with Crippen molar-refractivity contribution in [2.75, 3.05) is 18.9 Å². The molecule has 0 aliphatic rings. The van der Waals surface area contributed by atoms with Crippen LogP contribution in [0.15, 0.2) is 70.7 Å². The van der Waals surface area contributed by atoms with Crippen molar-refractivity contribution < 1.29 is 18.0 Å². The fourth-order valence-electron chi connectivity index (χ4n) is 3.11. The van der Waals surface area contributed by atoms with E-state index in [0.717, 1.165) is 17.0 Å². The quantitative estimate of drug-likeness (QED) is 0.449. The molecular formula is C23H25F3N4OS. The van der Waals surface area contributed by atoms with Gasteiger partial charge in [-0.15, -0.1) is 0 Å². The average Bonchev–Trinajstić information content (AvgIpc) is 3.09. The predicted molar refractivity (Wildman–Crippen MR) is 121 cm³/mol. The number of carbonyl (C=O) groups is 1. The molecule has 1 heterocycles. The third-order valence-electron chi connectivity index (χ3n) is 4.69. The van der Waals surface area contributed by atoms with Gasteiger partial charge >= 0.3 is 6.18 Å². The van der Waals surface area contributed by atoms with Gasteiger partial charge in [-0.3, -0.25) is 4.79 Å². The highest BCUT2D eigenvalue weighted by Gasteiger charge is 2.30. The van der Waals surface area contributed by atoms with E-state index in [1.54, 1.807) is 13.2 Å². The van der Waals surface area contributed by atoms with E-state index in [1.807, 2.05) is 41.8 Å². The van der Waals surface area contributed by atoms with Crippen LogP contribution in [0.4, 0.5) is 18.9 Å². The second-order valence-corrected chi connectivity index (χ2v) is 8.46. The fourth-order valence-corrected chi connectivity index (χ4v) is 4.17. The summed E-state index contributed by atoms with van der Waals surface area (Å²) in [6.07, 6.45) is -2.58. The van der Waals surface area contributed by atoms with Crippen molar-refractivity contribution in [3.63, 3.8) is 0 Å². The molecule has 9 heteroatoms. The Bertz CT molecular complexity index is 1050. The molecule has 3 aromatic rings. The van der Waals surface area contributed by atoms with Crippen molar-refractivity contribution in [2.45, 2.75) is 35.6 Å². The molecule has 1 unspecified atom stereocenters. The molecule has 0 radical (unpaired) electrons. The first-order valence-corrected chi connectivity index (χ1v) is 10.8. The lowest BCUT2D eigenvalue weighted by molar-refractivity contribution is -0.137. The first-order valence-electron chi connectivity index (χ1n) is 10.0. The molecule has 0 aliphatic heterocycles. The number of hydrogen-bond donors (Lipinski definition) is 3. The maximum Gasteiger partial charge on any atom is 0.416 e. The molecule has 5 nitrogen and oxygen atoms in total. The minimum atomic E-state index is -4.39. The maximum absolute atomic E-state index is 12.9. The topological polar surface area (TPSA) is 72.1 Å². The number of nitrogens with one attached hydrogen (secondary N) is 2. The third-order valence-corrected chi connectivity index (χ3v) is 5.83. The number of carbonyl (C=O) groups excluding carboxylic acids is 1. The van der Waals surface area contributed by atoms with E-state index in [2.05, 4.69) is 10.6 Å². The summed E-state index contributed by atoms with van der Waals surface area (Å²) in [6.45, 7) is 2.62. The number of aromatic nitrogens is 1. The van der Waals surface area contributed by atoms with Gasteiger partial charge < -0.3 is 20.9 Å². The molecule has 0 bridgehead atoms. The van der Waals surface area contributed by atoms with Crippen molar-refractivity contribution in [1.29, 1.82) is 0 Å². The molecule has 0 saturated carbocycles. The zero-order valence-corrected chi connectivity index (χ0v) is 18.6. The Morgan fingerprint density at radius 2 is 1.78 bits per heavy atom. The fraction of sp³-hybridized carbons (Fsp3) is 0.261. The highest BCUT2D eigenvalue weighted by molar-refractivity contribution is 7.99. The summed E-state index contributed by atoms with van der Waals surface area (Å²) in [5.41, 5.74) is 6.95. The van der Waals surface area contributed by atoms with Gasteiger partial charge in [0.15, 0.2) is 0 Å². The lowest BCUT2D eigenvalue weighted by Crippen LogP contribution is -2.26. The lowest BCUT2D eigenvalue weighted by Gasteiger charge is -2.12. The number of halogens is 3. The molecule has 2 aromatic carbocycles. The van der Waals surface area contributed by atoms with Crippen molar-refractivity contribution in [1.82, 2.24) is 9.88 Å². The van der Waals surface area contributed by atoms with Crippen LogP contribution in [0.2, 0.25) is 0 Å². The molecular weight excluding hydrogens is 437 g/mol. The van der Waals surface area contributed by atoms with E-state index >= 15 is 0 Å². The van der Waals surface area contributed by atoms with Crippen LogP contribution in [0.1, 0.15) is 28.4 Å². The van der Waals surface area contributed by atoms with Crippen molar-refractivity contribution in [2.24, 2.45) is 5.73 Å². The van der Waals surface area contributed by atoms with Gasteiger partial charge in [0.05, 0.1) is 21.8 Å². The molecule has 0 aliphatic carbocycles. The Labute approximate surface area is 189 Å². The Morgan fingerprint density at radius 1 is 1.12 bits per heavy atom. The molecule has 0 saturated heterocycles. The molecule has 4 N–H and O–H groups in total. The normalized spacial score (nSPS) is 12.4. The van der Waals surface area contributed by atoms with E-state index in [9.17, 15) is 18.0 Å². The van der Waals surface area contributed by atoms with E-state index < -0.39 is 11.7 Å². The predicted octanol–water partition coefficient (Wildman–Crippen LogP) is 4.83. The largest absolute Gasteiger partial charge is 0.416 e. The molecule has 1 amide bonds. The van der Waals surface area contributed by atoms with Gasteiger partial charge in [-0.25, -0.2) is 0 Å². The Balaban J connectivity index is 2.03. The molecule has 0 fully saturated rings. The highest BCUT2D eigenvalue weighted by atomic mass is 32.2. The van der Waals surface area contributed by atoms with E-state index in [4.69, 9.17) is 5.73 Å². The summed E-state index contributed by atoms with van der Waals surface area (Å²) in [4.78, 5) is 13.7. The molecule has 1 aromatic heterocycles. The molecule has 3 rings (SSSR count). The number of alkyl halides is 3. The highest BCUT2D eigenvalue weighted by Crippen LogP contribution is 2.37. The van der Waals surface area contributed by atoms with Crippen LogP contribution in [0.3, 0.4) is 0 Å². The Kier molecular flexibility index (Phi) is 7.52. The molecule has 1 atom stereocenters. The summed E-state index contributed by atoms with van der Waals surface area (Å²) in [5.74, 6) is -0.262. The zero-order chi connectivity index (χ0) is 23.3. The molecule has 170 valence electrons. The zero-order valence-electron chi connectivity index (χ0n) is 17.7. The van der Waals surface area contributed by atoms with Crippen LogP contribution in [-0.2, 0) is 12.7 Å². The SMILES string of the molecule is CNC(=O)c1c(NCC(C)N)cn(Cc2ccc(C(F)(F)F)cc2)c1Sc1ccccc1. The van der Waals surface area contributed by atoms with Gasteiger partial charge in [0.2, 0.25) is 0 Å². The van der Waals surface area contributed by atoms with Crippen LogP contribution in [0.25, 0.3) is 0 Å². The number of nitrogens with zero attached hydrogens (tertiary/aromatic N) is 1. The number of rotatable bonds is 8.